The van der Waals surface area contributed by atoms with Crippen molar-refractivity contribution >= 4 is 5.97 Å². The minimum Gasteiger partial charge on any atom is -0.504 e. The van der Waals surface area contributed by atoms with E-state index in [1.165, 1.54) is 12.1 Å². The molecule has 1 unspecified atom stereocenters. The summed E-state index contributed by atoms with van der Waals surface area (Å²) < 4.78 is 0.289. The molecule has 0 fully saturated rings. The Bertz CT molecular complexity index is 423. The molecule has 17 heavy (non-hydrogen) atoms. The zero-order valence-corrected chi connectivity index (χ0v) is 10.2. The van der Waals surface area contributed by atoms with Crippen LogP contribution in [0.4, 0.5) is 0 Å². The van der Waals surface area contributed by atoms with Crippen LogP contribution in [0, 0.1) is 0 Å². The van der Waals surface area contributed by atoms with Gasteiger partial charge in [0.15, 0.2) is 17.5 Å². The fourth-order valence-corrected chi connectivity index (χ4v) is 1.61. The molecule has 0 amide bonds. The summed E-state index contributed by atoms with van der Waals surface area (Å²) in [5, 5.41) is 27.7. The first-order valence-electron chi connectivity index (χ1n) is 5.26. The fourth-order valence-electron chi connectivity index (χ4n) is 1.61. The van der Waals surface area contributed by atoms with E-state index in [1.807, 2.05) is 0 Å². The molecule has 5 heteroatoms. The minimum absolute atomic E-state index is 0.203. The Morgan fingerprint density at radius 2 is 1.82 bits per heavy atom. The monoisotopic (exact) mass is 240 g/mol. The van der Waals surface area contributed by atoms with E-state index >= 15 is 0 Å². The highest BCUT2D eigenvalue weighted by Gasteiger charge is 2.31. The number of likely N-dealkylation sites (N-methyl/N-ethyl adjacent to an activating group) is 1. The Hall–Kier alpha value is -1.75. The summed E-state index contributed by atoms with van der Waals surface area (Å²) >= 11 is 0. The minimum atomic E-state index is -0.884. The van der Waals surface area contributed by atoms with Crippen LogP contribution in [-0.2, 0) is 11.2 Å². The number of carboxylic acid groups (broad SMARTS) is 1. The van der Waals surface area contributed by atoms with Crippen LogP contribution in [0.1, 0.15) is 5.56 Å². The zero-order chi connectivity index (χ0) is 13.2. The number of aliphatic carboxylic acids is 1. The standard InChI is InChI=1S/C12H17NO4/c1-13(2,3)9(12(16)17)6-8-4-5-10(14)11(15)7-8/h4-5,7,9H,6H2,1-3H3,(H2-,14,15,16,17)/p+1. The number of phenols is 2. The molecule has 0 aliphatic heterocycles. The van der Waals surface area contributed by atoms with Crippen molar-refractivity contribution in [1.82, 2.24) is 0 Å². The highest BCUT2D eigenvalue weighted by atomic mass is 16.4. The smallest absolute Gasteiger partial charge is 0.362 e. The third kappa shape index (κ3) is 3.35. The highest BCUT2D eigenvalue weighted by Crippen LogP contribution is 2.26. The van der Waals surface area contributed by atoms with Gasteiger partial charge in [-0.2, -0.15) is 0 Å². The second-order valence-corrected chi connectivity index (χ2v) is 5.00. The largest absolute Gasteiger partial charge is 0.504 e. The summed E-state index contributed by atoms with van der Waals surface area (Å²) in [7, 11) is 5.41. The Balaban J connectivity index is 2.95. The van der Waals surface area contributed by atoms with Gasteiger partial charge in [0.25, 0.3) is 0 Å². The first-order valence-corrected chi connectivity index (χ1v) is 5.26. The third-order valence-corrected chi connectivity index (χ3v) is 2.69. The van der Waals surface area contributed by atoms with Crippen molar-refractivity contribution in [3.8, 4) is 11.5 Å². The molecule has 0 bridgehead atoms. The highest BCUT2D eigenvalue weighted by molar-refractivity contribution is 5.72. The number of quaternary nitrogens is 1. The van der Waals surface area contributed by atoms with E-state index in [1.54, 1.807) is 27.2 Å². The molecule has 0 aromatic heterocycles. The Kier molecular flexibility index (Phi) is 3.63. The van der Waals surface area contributed by atoms with Gasteiger partial charge in [-0.3, -0.25) is 0 Å². The number of phenolic OH excluding ortho intramolecular Hbond substituents is 2. The molecule has 1 aromatic rings. The van der Waals surface area contributed by atoms with Crippen molar-refractivity contribution < 1.29 is 24.6 Å². The van der Waals surface area contributed by atoms with Gasteiger partial charge in [0, 0.05) is 6.42 Å². The number of carboxylic acids is 1. The Morgan fingerprint density at radius 3 is 2.24 bits per heavy atom. The summed E-state index contributed by atoms with van der Waals surface area (Å²) in [6.45, 7) is 0. The molecule has 0 spiro atoms. The molecule has 5 nitrogen and oxygen atoms in total. The van der Waals surface area contributed by atoms with Crippen LogP contribution >= 0.6 is 0 Å². The maximum atomic E-state index is 11.2. The number of rotatable bonds is 4. The first-order chi connectivity index (χ1) is 7.71. The average molecular weight is 240 g/mol. The van der Waals surface area contributed by atoms with Crippen LogP contribution in [0.15, 0.2) is 18.2 Å². The summed E-state index contributed by atoms with van der Waals surface area (Å²) in [5.74, 6) is -1.32. The number of aromatic hydroxyl groups is 2. The van der Waals surface area contributed by atoms with Crippen LogP contribution in [0.25, 0.3) is 0 Å². The molecule has 0 saturated heterocycles. The summed E-state index contributed by atoms with van der Waals surface area (Å²) in [5.41, 5.74) is 0.681. The summed E-state index contributed by atoms with van der Waals surface area (Å²) in [4.78, 5) is 11.2. The number of hydrogen-bond acceptors (Lipinski definition) is 3. The number of carbonyl (C=O) groups is 1. The van der Waals surface area contributed by atoms with Crippen molar-refractivity contribution in [2.45, 2.75) is 12.5 Å². The maximum Gasteiger partial charge on any atom is 0.362 e. The molecule has 0 aliphatic rings. The van der Waals surface area contributed by atoms with Gasteiger partial charge >= 0.3 is 5.97 Å². The summed E-state index contributed by atoms with van der Waals surface area (Å²) in [6.07, 6.45) is 0.298. The second kappa shape index (κ2) is 4.63. The summed E-state index contributed by atoms with van der Waals surface area (Å²) in [6, 6.07) is 3.76. The normalized spacial score (nSPS) is 13.4. The van der Waals surface area contributed by atoms with E-state index in [-0.39, 0.29) is 16.0 Å². The molecule has 1 aromatic carbocycles. The van der Waals surface area contributed by atoms with Gasteiger partial charge in [-0.25, -0.2) is 4.79 Å². The van der Waals surface area contributed by atoms with E-state index in [4.69, 9.17) is 5.11 Å². The van der Waals surface area contributed by atoms with Crippen molar-refractivity contribution in [2.24, 2.45) is 0 Å². The maximum absolute atomic E-state index is 11.2. The van der Waals surface area contributed by atoms with Crippen LogP contribution in [0.5, 0.6) is 11.5 Å². The molecule has 0 aliphatic carbocycles. The molecule has 94 valence electrons. The zero-order valence-electron chi connectivity index (χ0n) is 10.2. The topological polar surface area (TPSA) is 77.8 Å². The molecule has 1 rings (SSSR count). The third-order valence-electron chi connectivity index (χ3n) is 2.69. The number of benzene rings is 1. The van der Waals surface area contributed by atoms with Gasteiger partial charge in [-0.05, 0) is 17.7 Å². The Labute approximate surface area is 100 Å². The van der Waals surface area contributed by atoms with Crippen LogP contribution in [-0.4, -0.2) is 53.0 Å². The lowest BCUT2D eigenvalue weighted by Crippen LogP contribution is -2.51. The van der Waals surface area contributed by atoms with Crippen LogP contribution in [0.2, 0.25) is 0 Å². The molecular formula is C12H18NO4+. The lowest BCUT2D eigenvalue weighted by atomic mass is 10.0. The van der Waals surface area contributed by atoms with E-state index in [9.17, 15) is 15.0 Å². The number of hydrogen-bond donors (Lipinski definition) is 3. The predicted octanol–water partition coefficient (Wildman–Crippen LogP) is 0.800. The number of nitrogens with zero attached hydrogens (tertiary/aromatic N) is 1. The molecule has 0 heterocycles. The van der Waals surface area contributed by atoms with E-state index < -0.39 is 12.0 Å². The quantitative estimate of drug-likeness (QED) is 0.537. The SMILES string of the molecule is C[N+](C)(C)C(Cc1ccc(O)c(O)c1)C(=O)O. The van der Waals surface area contributed by atoms with Crippen molar-refractivity contribution in [3.63, 3.8) is 0 Å². The van der Waals surface area contributed by atoms with E-state index in [2.05, 4.69) is 0 Å². The van der Waals surface area contributed by atoms with Gasteiger partial charge < -0.3 is 19.8 Å². The molecular weight excluding hydrogens is 222 g/mol. The molecule has 1 atom stereocenters. The van der Waals surface area contributed by atoms with Gasteiger partial charge in [0.1, 0.15) is 0 Å². The molecule has 0 radical (unpaired) electrons. The Morgan fingerprint density at radius 1 is 1.24 bits per heavy atom. The second-order valence-electron chi connectivity index (χ2n) is 5.00. The van der Waals surface area contributed by atoms with Crippen molar-refractivity contribution in [3.05, 3.63) is 23.8 Å². The fraction of sp³-hybridized carbons (Fsp3) is 0.417. The van der Waals surface area contributed by atoms with E-state index in [0.29, 0.717) is 12.0 Å². The van der Waals surface area contributed by atoms with E-state index in [0.717, 1.165) is 0 Å². The van der Waals surface area contributed by atoms with Crippen LogP contribution < -0.4 is 0 Å². The van der Waals surface area contributed by atoms with Crippen LogP contribution in [0.3, 0.4) is 0 Å². The lowest BCUT2D eigenvalue weighted by Gasteiger charge is -2.31. The lowest BCUT2D eigenvalue weighted by molar-refractivity contribution is -0.887. The van der Waals surface area contributed by atoms with Gasteiger partial charge in [0.2, 0.25) is 0 Å². The van der Waals surface area contributed by atoms with Gasteiger partial charge in [-0.15, -0.1) is 0 Å². The van der Waals surface area contributed by atoms with Gasteiger partial charge in [0.05, 0.1) is 21.1 Å². The first kappa shape index (κ1) is 13.3. The average Bonchev–Trinajstić information content (AvgIpc) is 2.17. The predicted molar refractivity (Wildman–Crippen MR) is 62.9 cm³/mol. The van der Waals surface area contributed by atoms with Crippen molar-refractivity contribution in [1.29, 1.82) is 0 Å². The molecule has 3 N–H and O–H groups in total. The van der Waals surface area contributed by atoms with Crippen molar-refractivity contribution in [2.75, 3.05) is 21.1 Å². The van der Waals surface area contributed by atoms with Gasteiger partial charge in [-0.1, -0.05) is 6.07 Å². The molecule has 0 saturated carbocycles.